The Morgan fingerprint density at radius 1 is 1.17 bits per heavy atom. The van der Waals surface area contributed by atoms with Crippen LogP contribution < -0.4 is 10.6 Å². The van der Waals surface area contributed by atoms with Crippen LogP contribution >= 0.6 is 0 Å². The number of hydrogen-bond acceptors (Lipinski definition) is 2. The predicted octanol–water partition coefficient (Wildman–Crippen LogP) is 3.31. The molecular weight excluding hydrogens is 220 g/mol. The molecule has 0 bridgehead atoms. The van der Waals surface area contributed by atoms with Gasteiger partial charge in [-0.2, -0.15) is 0 Å². The van der Waals surface area contributed by atoms with Crippen molar-refractivity contribution in [1.29, 1.82) is 0 Å². The van der Waals surface area contributed by atoms with E-state index in [0.717, 1.165) is 13.0 Å². The lowest BCUT2D eigenvalue weighted by atomic mass is 9.93. The molecule has 0 saturated carbocycles. The molecule has 0 aliphatic heterocycles. The van der Waals surface area contributed by atoms with Crippen LogP contribution in [0.2, 0.25) is 0 Å². The summed E-state index contributed by atoms with van der Waals surface area (Å²) in [5.41, 5.74) is 8.63. The van der Waals surface area contributed by atoms with Crippen molar-refractivity contribution in [3.8, 4) is 0 Å². The molecule has 2 N–H and O–H groups in total. The number of rotatable bonds is 6. The first-order chi connectivity index (χ1) is 8.34. The van der Waals surface area contributed by atoms with Crippen molar-refractivity contribution in [2.45, 2.75) is 34.1 Å². The Bertz CT molecular complexity index is 352. The Morgan fingerprint density at radius 3 is 2.17 bits per heavy atom. The second kappa shape index (κ2) is 6.24. The third kappa shape index (κ3) is 4.69. The van der Waals surface area contributed by atoms with Crippen LogP contribution in [0.5, 0.6) is 0 Å². The van der Waals surface area contributed by atoms with Crippen LogP contribution in [-0.4, -0.2) is 20.1 Å². The van der Waals surface area contributed by atoms with Crippen LogP contribution in [0.4, 0.5) is 5.69 Å². The molecular formula is C16H28N2. The fraction of sp³-hybridized carbons (Fsp3) is 0.625. The van der Waals surface area contributed by atoms with Crippen molar-refractivity contribution >= 4 is 5.69 Å². The summed E-state index contributed by atoms with van der Waals surface area (Å²) < 4.78 is 0. The zero-order valence-corrected chi connectivity index (χ0v) is 12.5. The largest absolute Gasteiger partial charge is 0.374 e. The summed E-state index contributed by atoms with van der Waals surface area (Å²) in [5, 5.41) is 0. The van der Waals surface area contributed by atoms with Gasteiger partial charge in [0, 0.05) is 19.3 Å². The van der Waals surface area contributed by atoms with Crippen molar-refractivity contribution in [3.05, 3.63) is 29.8 Å². The molecule has 0 heterocycles. The molecule has 2 heteroatoms. The predicted molar refractivity (Wildman–Crippen MR) is 81.1 cm³/mol. The van der Waals surface area contributed by atoms with Gasteiger partial charge >= 0.3 is 0 Å². The first kappa shape index (κ1) is 15.0. The van der Waals surface area contributed by atoms with E-state index < -0.39 is 0 Å². The standard InChI is InChI=1S/C16H28N2/c1-13(2)10-14-6-8-15(9-7-14)18(5)12-16(3,4)11-17/h6-9,13H,10-12,17H2,1-5H3. The van der Waals surface area contributed by atoms with Gasteiger partial charge in [0.15, 0.2) is 0 Å². The van der Waals surface area contributed by atoms with E-state index in [1.54, 1.807) is 0 Å². The first-order valence-electron chi connectivity index (χ1n) is 6.84. The molecule has 0 aliphatic rings. The zero-order chi connectivity index (χ0) is 13.8. The number of hydrogen-bond donors (Lipinski definition) is 1. The normalized spacial score (nSPS) is 11.9. The summed E-state index contributed by atoms with van der Waals surface area (Å²) in [6.07, 6.45) is 1.15. The van der Waals surface area contributed by atoms with Gasteiger partial charge in [0.2, 0.25) is 0 Å². The molecule has 0 amide bonds. The summed E-state index contributed by atoms with van der Waals surface area (Å²) in [5.74, 6) is 0.713. The molecule has 0 aromatic heterocycles. The average Bonchev–Trinajstić information content (AvgIpc) is 2.28. The highest BCUT2D eigenvalue weighted by atomic mass is 15.1. The molecule has 18 heavy (non-hydrogen) atoms. The molecule has 0 unspecified atom stereocenters. The van der Waals surface area contributed by atoms with Crippen LogP contribution in [0.15, 0.2) is 24.3 Å². The molecule has 102 valence electrons. The molecule has 0 atom stereocenters. The second-order valence-electron chi connectivity index (χ2n) is 6.49. The minimum Gasteiger partial charge on any atom is -0.374 e. The molecule has 0 radical (unpaired) electrons. The maximum atomic E-state index is 5.78. The van der Waals surface area contributed by atoms with Crippen LogP contribution in [0, 0.1) is 11.3 Å². The molecule has 0 aliphatic carbocycles. The van der Waals surface area contributed by atoms with E-state index in [-0.39, 0.29) is 5.41 Å². The van der Waals surface area contributed by atoms with Crippen LogP contribution in [-0.2, 0) is 6.42 Å². The fourth-order valence-corrected chi connectivity index (χ4v) is 2.16. The summed E-state index contributed by atoms with van der Waals surface area (Å²) in [7, 11) is 2.13. The SMILES string of the molecule is CC(C)Cc1ccc(N(C)CC(C)(C)CN)cc1. The van der Waals surface area contributed by atoms with Gasteiger partial charge in [0.25, 0.3) is 0 Å². The van der Waals surface area contributed by atoms with E-state index in [2.05, 4.69) is 63.9 Å². The third-order valence-electron chi connectivity index (χ3n) is 3.24. The van der Waals surface area contributed by atoms with Gasteiger partial charge < -0.3 is 10.6 Å². The highest BCUT2D eigenvalue weighted by Crippen LogP contribution is 2.21. The van der Waals surface area contributed by atoms with Gasteiger partial charge in [-0.25, -0.2) is 0 Å². The number of anilines is 1. The first-order valence-corrected chi connectivity index (χ1v) is 6.84. The zero-order valence-electron chi connectivity index (χ0n) is 12.5. The van der Waals surface area contributed by atoms with Gasteiger partial charge in [0.05, 0.1) is 0 Å². The molecule has 2 nitrogen and oxygen atoms in total. The van der Waals surface area contributed by atoms with Gasteiger partial charge in [-0.1, -0.05) is 39.8 Å². The summed E-state index contributed by atoms with van der Waals surface area (Å²) in [4.78, 5) is 2.28. The monoisotopic (exact) mass is 248 g/mol. The Labute approximate surface area is 112 Å². The Kier molecular flexibility index (Phi) is 5.21. The quantitative estimate of drug-likeness (QED) is 0.837. The Balaban J connectivity index is 2.67. The average molecular weight is 248 g/mol. The van der Waals surface area contributed by atoms with Gasteiger partial charge in [-0.3, -0.25) is 0 Å². The maximum absolute atomic E-state index is 5.78. The van der Waals surface area contributed by atoms with E-state index in [1.807, 2.05) is 0 Å². The minimum absolute atomic E-state index is 0.158. The Hall–Kier alpha value is -1.02. The highest BCUT2D eigenvalue weighted by Gasteiger charge is 2.18. The van der Waals surface area contributed by atoms with Gasteiger partial charge in [-0.05, 0) is 42.0 Å². The van der Waals surface area contributed by atoms with Crippen LogP contribution in [0.3, 0.4) is 0 Å². The van der Waals surface area contributed by atoms with Crippen molar-refractivity contribution in [1.82, 2.24) is 0 Å². The van der Waals surface area contributed by atoms with E-state index in [1.165, 1.54) is 11.3 Å². The number of benzene rings is 1. The lowest BCUT2D eigenvalue weighted by Gasteiger charge is -2.30. The summed E-state index contributed by atoms with van der Waals surface area (Å²) >= 11 is 0. The highest BCUT2D eigenvalue weighted by molar-refractivity contribution is 5.47. The van der Waals surface area contributed by atoms with Crippen LogP contribution in [0.25, 0.3) is 0 Å². The van der Waals surface area contributed by atoms with E-state index in [0.29, 0.717) is 12.5 Å². The number of nitrogens with zero attached hydrogens (tertiary/aromatic N) is 1. The summed E-state index contributed by atoms with van der Waals surface area (Å²) in [6.45, 7) is 10.6. The molecule has 1 rings (SSSR count). The van der Waals surface area contributed by atoms with Gasteiger partial charge in [0.1, 0.15) is 0 Å². The van der Waals surface area contributed by atoms with E-state index in [4.69, 9.17) is 5.73 Å². The lowest BCUT2D eigenvalue weighted by molar-refractivity contribution is 0.385. The molecule has 0 fully saturated rings. The van der Waals surface area contributed by atoms with Gasteiger partial charge in [-0.15, -0.1) is 0 Å². The Morgan fingerprint density at radius 2 is 1.72 bits per heavy atom. The lowest BCUT2D eigenvalue weighted by Crippen LogP contribution is -2.36. The molecule has 1 aromatic carbocycles. The maximum Gasteiger partial charge on any atom is 0.0363 e. The second-order valence-corrected chi connectivity index (χ2v) is 6.49. The van der Waals surface area contributed by atoms with Crippen molar-refractivity contribution in [3.63, 3.8) is 0 Å². The smallest absolute Gasteiger partial charge is 0.0363 e. The number of nitrogens with two attached hydrogens (primary N) is 1. The van der Waals surface area contributed by atoms with E-state index >= 15 is 0 Å². The van der Waals surface area contributed by atoms with Crippen LogP contribution in [0.1, 0.15) is 33.3 Å². The topological polar surface area (TPSA) is 29.3 Å². The van der Waals surface area contributed by atoms with Crippen molar-refractivity contribution in [2.24, 2.45) is 17.1 Å². The molecule has 0 spiro atoms. The fourth-order valence-electron chi connectivity index (χ4n) is 2.16. The van der Waals surface area contributed by atoms with Crippen molar-refractivity contribution in [2.75, 3.05) is 25.0 Å². The van der Waals surface area contributed by atoms with Crippen molar-refractivity contribution < 1.29 is 0 Å². The molecule has 1 aromatic rings. The summed E-state index contributed by atoms with van der Waals surface area (Å²) in [6, 6.07) is 8.90. The third-order valence-corrected chi connectivity index (χ3v) is 3.24. The minimum atomic E-state index is 0.158. The molecule has 0 saturated heterocycles. The van der Waals surface area contributed by atoms with E-state index in [9.17, 15) is 0 Å².